The highest BCUT2D eigenvalue weighted by molar-refractivity contribution is 6.33. The van der Waals surface area contributed by atoms with Gasteiger partial charge in [-0.1, -0.05) is 41.9 Å². The number of aromatic nitrogens is 3. The predicted molar refractivity (Wildman–Crippen MR) is 149 cm³/mol. The fourth-order valence-electron chi connectivity index (χ4n) is 5.56. The number of halogens is 1. The number of carbonyl (C=O) groups excluding carboxylic acids is 1. The van der Waals surface area contributed by atoms with E-state index in [2.05, 4.69) is 9.97 Å². The van der Waals surface area contributed by atoms with Crippen molar-refractivity contribution in [1.82, 2.24) is 19.9 Å². The fourth-order valence-corrected chi connectivity index (χ4v) is 5.82. The van der Waals surface area contributed by atoms with Crippen LogP contribution in [0.15, 0.2) is 36.4 Å². The van der Waals surface area contributed by atoms with Crippen molar-refractivity contribution in [2.24, 2.45) is 5.92 Å². The number of hydrogen-bond donors (Lipinski definition) is 2. The molecule has 2 heterocycles. The Hall–Kier alpha value is -3.43. The molecule has 1 atom stereocenters. The first-order valence-corrected chi connectivity index (χ1v) is 13.6. The summed E-state index contributed by atoms with van der Waals surface area (Å²) in [6, 6.07) is 10.2. The number of rotatable bonds is 7. The molecule has 9 nitrogen and oxygen atoms in total. The van der Waals surface area contributed by atoms with Gasteiger partial charge in [0.05, 0.1) is 22.2 Å². The minimum atomic E-state index is -0.800. The van der Waals surface area contributed by atoms with E-state index in [-0.39, 0.29) is 17.9 Å². The SMILES string of the molecule is CO[C@]1(C(=O)N(C)C)CC[C@H](Oc2nc3nc(-c4ccc(C5=CCC(C(=O)O)CC5)cc4)c(Cl)cc3[nH]2)CC1. The number of benzene rings is 1. The van der Waals surface area contributed by atoms with Crippen LogP contribution in [0.1, 0.15) is 50.5 Å². The van der Waals surface area contributed by atoms with Crippen molar-refractivity contribution in [1.29, 1.82) is 0 Å². The van der Waals surface area contributed by atoms with Crippen LogP contribution < -0.4 is 4.74 Å². The fraction of sp³-hybridized carbons (Fsp3) is 0.448. The van der Waals surface area contributed by atoms with Gasteiger partial charge in [0.25, 0.3) is 11.9 Å². The molecule has 1 fully saturated rings. The number of aliphatic carboxylic acids is 1. The second-order valence-corrected chi connectivity index (χ2v) is 11.0. The van der Waals surface area contributed by atoms with Crippen LogP contribution in [-0.2, 0) is 14.3 Å². The van der Waals surface area contributed by atoms with Crippen LogP contribution in [0.4, 0.5) is 0 Å². The molecule has 3 aromatic rings. The van der Waals surface area contributed by atoms with Crippen LogP contribution in [0.25, 0.3) is 28.0 Å². The maximum absolute atomic E-state index is 12.6. The number of methoxy groups -OCH3 is 1. The molecule has 39 heavy (non-hydrogen) atoms. The number of pyridine rings is 1. The monoisotopic (exact) mass is 552 g/mol. The number of ether oxygens (including phenoxy) is 2. The highest BCUT2D eigenvalue weighted by Crippen LogP contribution is 2.36. The maximum Gasteiger partial charge on any atom is 0.306 e. The first-order chi connectivity index (χ1) is 18.7. The number of hydrogen-bond acceptors (Lipinski definition) is 6. The lowest BCUT2D eigenvalue weighted by Crippen LogP contribution is -2.51. The van der Waals surface area contributed by atoms with E-state index in [0.29, 0.717) is 66.4 Å². The molecule has 206 valence electrons. The van der Waals surface area contributed by atoms with E-state index in [4.69, 9.17) is 26.1 Å². The van der Waals surface area contributed by atoms with Gasteiger partial charge in [0.2, 0.25) is 0 Å². The van der Waals surface area contributed by atoms with Crippen molar-refractivity contribution in [3.63, 3.8) is 0 Å². The summed E-state index contributed by atoms with van der Waals surface area (Å²) in [6.07, 6.45) is 6.39. The minimum absolute atomic E-state index is 0.0196. The molecule has 0 aliphatic heterocycles. The number of fused-ring (bicyclic) bond motifs is 1. The lowest BCUT2D eigenvalue weighted by molar-refractivity contribution is -0.158. The van der Waals surface area contributed by atoms with Crippen LogP contribution >= 0.6 is 11.6 Å². The average Bonchev–Trinajstić information content (AvgIpc) is 3.33. The number of nitrogens with zero attached hydrogens (tertiary/aromatic N) is 3. The number of carbonyl (C=O) groups is 2. The number of allylic oxidation sites excluding steroid dienone is 2. The Morgan fingerprint density at radius 3 is 2.38 bits per heavy atom. The molecule has 2 aliphatic rings. The lowest BCUT2D eigenvalue weighted by Gasteiger charge is -2.38. The Morgan fingerprint density at radius 1 is 1.10 bits per heavy atom. The molecule has 0 saturated heterocycles. The normalized spacial score (nSPS) is 23.3. The van der Waals surface area contributed by atoms with Gasteiger partial charge in [0.1, 0.15) is 11.7 Å². The maximum atomic E-state index is 12.6. The minimum Gasteiger partial charge on any atom is -0.481 e. The van der Waals surface area contributed by atoms with E-state index < -0.39 is 11.6 Å². The standard InChI is InChI=1S/C29H33ClN4O5/c1-34(2)27(37)29(38-3)14-12-21(13-15-29)39-28-31-23-16-22(30)24(32-25(23)33-28)19-8-4-17(5-9-19)18-6-10-20(11-7-18)26(35)36/h4-6,8-9,16,20-21H,7,10-15H2,1-3H3,(H,35,36)(H,31,32,33)/t20?,21-,29+. The average molecular weight is 553 g/mol. The van der Waals surface area contributed by atoms with Crippen molar-refractivity contribution < 1.29 is 24.2 Å². The Labute approximate surface area is 232 Å². The summed E-state index contributed by atoms with van der Waals surface area (Å²) in [5, 5.41) is 9.72. The van der Waals surface area contributed by atoms with Crippen molar-refractivity contribution in [3.05, 3.63) is 47.0 Å². The summed E-state index contributed by atoms with van der Waals surface area (Å²) in [7, 11) is 5.08. The molecule has 1 aromatic carbocycles. The molecule has 2 N–H and O–H groups in total. The van der Waals surface area contributed by atoms with Crippen LogP contribution in [0.5, 0.6) is 6.01 Å². The largest absolute Gasteiger partial charge is 0.481 e. The molecule has 1 unspecified atom stereocenters. The second-order valence-electron chi connectivity index (χ2n) is 10.6. The zero-order valence-electron chi connectivity index (χ0n) is 22.4. The van der Waals surface area contributed by atoms with E-state index >= 15 is 0 Å². The number of amides is 1. The van der Waals surface area contributed by atoms with Gasteiger partial charge in [0, 0.05) is 26.8 Å². The zero-order valence-corrected chi connectivity index (χ0v) is 23.1. The van der Waals surface area contributed by atoms with E-state index in [1.165, 1.54) is 5.57 Å². The van der Waals surface area contributed by atoms with Crippen LogP contribution in [-0.4, -0.2) is 69.7 Å². The first kappa shape index (κ1) is 27.1. The highest BCUT2D eigenvalue weighted by Gasteiger charge is 2.43. The molecule has 2 aromatic heterocycles. The number of H-pyrrole nitrogens is 1. The van der Waals surface area contributed by atoms with Gasteiger partial charge >= 0.3 is 5.97 Å². The van der Waals surface area contributed by atoms with Gasteiger partial charge in [-0.2, -0.15) is 4.98 Å². The van der Waals surface area contributed by atoms with E-state index in [9.17, 15) is 14.7 Å². The molecule has 0 radical (unpaired) electrons. The van der Waals surface area contributed by atoms with Gasteiger partial charge < -0.3 is 24.5 Å². The Bertz CT molecular complexity index is 1410. The van der Waals surface area contributed by atoms with Gasteiger partial charge in [-0.25, -0.2) is 4.98 Å². The number of imidazole rings is 1. The third kappa shape index (κ3) is 5.51. The van der Waals surface area contributed by atoms with Crippen LogP contribution in [0.3, 0.4) is 0 Å². The summed E-state index contributed by atoms with van der Waals surface area (Å²) in [6.45, 7) is 0. The van der Waals surface area contributed by atoms with Gasteiger partial charge in [0.15, 0.2) is 5.65 Å². The molecule has 1 saturated carbocycles. The van der Waals surface area contributed by atoms with Gasteiger partial charge in [-0.3, -0.25) is 9.59 Å². The van der Waals surface area contributed by atoms with Gasteiger partial charge in [-0.05, 0) is 62.1 Å². The topological polar surface area (TPSA) is 118 Å². The first-order valence-electron chi connectivity index (χ1n) is 13.2. The molecule has 2 aliphatic carbocycles. The number of likely N-dealkylation sites (N-methyl/N-ethyl adjacent to an activating group) is 1. The third-order valence-corrected chi connectivity index (χ3v) is 8.19. The van der Waals surface area contributed by atoms with E-state index in [1.807, 2.05) is 30.3 Å². The van der Waals surface area contributed by atoms with Crippen molar-refractivity contribution in [2.45, 2.75) is 56.7 Å². The molecular formula is C29H33ClN4O5. The summed E-state index contributed by atoms with van der Waals surface area (Å²) in [5.74, 6) is -1.05. The molecular weight excluding hydrogens is 520 g/mol. The van der Waals surface area contributed by atoms with Crippen molar-refractivity contribution in [2.75, 3.05) is 21.2 Å². The summed E-state index contributed by atoms with van der Waals surface area (Å²) >= 11 is 6.61. The molecule has 0 spiro atoms. The Kier molecular flexibility index (Phi) is 7.64. The lowest BCUT2D eigenvalue weighted by atomic mass is 9.82. The number of carboxylic acid groups (broad SMARTS) is 1. The summed E-state index contributed by atoms with van der Waals surface area (Å²) in [4.78, 5) is 37.9. The molecule has 5 rings (SSSR count). The van der Waals surface area contributed by atoms with Crippen LogP contribution in [0, 0.1) is 5.92 Å². The summed E-state index contributed by atoms with van der Waals surface area (Å²) < 4.78 is 11.8. The third-order valence-electron chi connectivity index (χ3n) is 7.90. The number of aromatic amines is 1. The molecule has 0 bridgehead atoms. The van der Waals surface area contributed by atoms with Crippen molar-refractivity contribution in [3.8, 4) is 17.3 Å². The van der Waals surface area contributed by atoms with Crippen LogP contribution in [0.2, 0.25) is 5.02 Å². The molecule has 10 heteroatoms. The highest BCUT2D eigenvalue weighted by atomic mass is 35.5. The Morgan fingerprint density at radius 2 is 1.79 bits per heavy atom. The van der Waals surface area contributed by atoms with Gasteiger partial charge in [-0.15, -0.1) is 0 Å². The second kappa shape index (κ2) is 11.0. The number of carboxylic acids is 1. The number of nitrogens with one attached hydrogen (secondary N) is 1. The predicted octanol–water partition coefficient (Wildman–Crippen LogP) is 5.34. The molecule has 1 amide bonds. The summed E-state index contributed by atoms with van der Waals surface area (Å²) in [5.41, 5.74) is 4.12. The van der Waals surface area contributed by atoms with Crippen molar-refractivity contribution >= 4 is 40.2 Å². The zero-order chi connectivity index (χ0) is 27.7. The Balaban J connectivity index is 1.28. The van der Waals surface area contributed by atoms with E-state index in [1.54, 1.807) is 32.2 Å². The van der Waals surface area contributed by atoms with E-state index in [0.717, 1.165) is 17.5 Å². The smallest absolute Gasteiger partial charge is 0.306 e. The quantitative estimate of drug-likeness (QED) is 0.406.